The fourth-order valence-corrected chi connectivity index (χ4v) is 10.7. The SMILES string of the molecule is CC[C@@H]1NC(=O)[C@H]([C@H](O)[C@H](C)C/C=C/C(=O)O)N(C)C(=O)[C@H](C(C)C)N(C)C(=O)[C@@H](CC(C)C)N(C)C(=O)[C@H](CC(C)C)N(C)C(=O)[C@@H](C)NC(=O)[C@H](C)NC(=O)[C@@H](CC(C)C)N(C)C(=O)[C@H](C(C)C)NC(=O)[C@H](CC(C)C)N(C)C(=O)CN(C)C1=O. The van der Waals surface area contributed by atoms with Gasteiger partial charge in [0.2, 0.25) is 65.0 Å². The summed E-state index contributed by atoms with van der Waals surface area (Å²) in [4.78, 5) is 180. The number of hydrogen-bond acceptors (Lipinski definition) is 13. The van der Waals surface area contributed by atoms with E-state index in [9.17, 15) is 58.2 Å². The van der Waals surface area contributed by atoms with Crippen molar-refractivity contribution >= 4 is 70.9 Å². The number of nitrogens with zero attached hydrogens (tertiary/aromatic N) is 7. The maximum Gasteiger partial charge on any atom is 0.327 e. The number of carboxylic acids is 1. The molecule has 11 amide bonds. The van der Waals surface area contributed by atoms with E-state index in [2.05, 4.69) is 21.3 Å². The summed E-state index contributed by atoms with van der Waals surface area (Å²) in [7, 11) is 9.63. The number of aliphatic carboxylic acids is 1. The number of carboxylic acid groups (broad SMARTS) is 1. The number of carbonyl (C=O) groups is 12. The van der Waals surface area contributed by atoms with Gasteiger partial charge in [-0.05, 0) is 93.8 Å². The van der Waals surface area contributed by atoms with Crippen molar-refractivity contribution in [2.24, 2.45) is 41.4 Å². The lowest BCUT2D eigenvalue weighted by atomic mass is 9.91. The van der Waals surface area contributed by atoms with Gasteiger partial charge in [-0.1, -0.05) is 103 Å². The molecule has 12 atom stereocenters. The Morgan fingerprint density at radius 2 is 0.897 bits per heavy atom. The van der Waals surface area contributed by atoms with Crippen LogP contribution in [0.5, 0.6) is 0 Å². The quantitative estimate of drug-likeness (QED) is 0.121. The zero-order chi connectivity index (χ0) is 67.6. The molecule has 1 saturated heterocycles. The molecule has 1 fully saturated rings. The predicted octanol–water partition coefficient (Wildman–Crippen LogP) is 2.33. The highest BCUT2D eigenvalue weighted by Crippen LogP contribution is 2.26. The molecule has 0 saturated carbocycles. The topological polar surface area (TPSA) is 316 Å². The summed E-state index contributed by atoms with van der Waals surface area (Å²) >= 11 is 0. The Morgan fingerprint density at radius 1 is 0.483 bits per heavy atom. The summed E-state index contributed by atoms with van der Waals surface area (Å²) < 4.78 is 0. The van der Waals surface area contributed by atoms with E-state index in [-0.39, 0.29) is 62.2 Å². The third-order valence-corrected chi connectivity index (χ3v) is 16.1. The largest absolute Gasteiger partial charge is 0.478 e. The van der Waals surface area contributed by atoms with Crippen LogP contribution in [0.1, 0.15) is 149 Å². The second-order valence-electron chi connectivity index (χ2n) is 26.3. The molecule has 0 aliphatic carbocycles. The number of aliphatic hydroxyl groups is 1. The molecule has 1 aliphatic rings. The van der Waals surface area contributed by atoms with Crippen LogP contribution in [-0.4, -0.2) is 238 Å². The van der Waals surface area contributed by atoms with Crippen LogP contribution in [0, 0.1) is 41.4 Å². The molecule has 25 heteroatoms. The van der Waals surface area contributed by atoms with Gasteiger partial charge in [-0.3, -0.25) is 52.7 Å². The van der Waals surface area contributed by atoms with Crippen molar-refractivity contribution in [1.29, 1.82) is 0 Å². The lowest BCUT2D eigenvalue weighted by molar-refractivity contribution is -0.157. The third-order valence-electron chi connectivity index (χ3n) is 16.1. The summed E-state index contributed by atoms with van der Waals surface area (Å²) in [6.45, 7) is 26.9. The van der Waals surface area contributed by atoms with Crippen LogP contribution >= 0.6 is 0 Å². The van der Waals surface area contributed by atoms with E-state index in [0.29, 0.717) is 0 Å². The standard InChI is InChI=1S/C62H109N11O14/c1-24-42-58(83)67(17)32-47(74)68(18)43(28-33(2)3)55(80)66-49(37(10)11)61(86)69(19)44(29-34(4)5)54(79)63-40(15)53(78)64-41(16)57(82)70(20)45(30-35(6)7)59(84)71(21)46(31-36(8)9)60(85)72(22)50(38(12)13)62(87)73(23)51(56(81)65-42)52(77)39(14)26-25-27-48(75)76/h25,27,33-46,49-52,77H,24,26,28-32H2,1-23H3,(H,63,79)(H,64,78)(H,65,81)(H,66,80)(H,75,76)/b27-25+/t39-,40+,41-,42+,43+,44-,45+,46-,49+,50+,51+,52-/m1/s1. The van der Waals surface area contributed by atoms with Crippen LogP contribution in [0.3, 0.4) is 0 Å². The molecule has 0 spiro atoms. The molecule has 0 aromatic heterocycles. The normalized spacial score (nSPS) is 26.5. The summed E-state index contributed by atoms with van der Waals surface area (Å²) in [5.74, 6) is -12.0. The molecule has 0 radical (unpaired) electrons. The molecule has 496 valence electrons. The first-order valence-corrected chi connectivity index (χ1v) is 30.7. The van der Waals surface area contributed by atoms with E-state index in [1.807, 2.05) is 55.4 Å². The van der Waals surface area contributed by atoms with Gasteiger partial charge < -0.3 is 65.8 Å². The van der Waals surface area contributed by atoms with Crippen LogP contribution in [0.15, 0.2) is 12.2 Å². The molecule has 0 bridgehead atoms. The lowest BCUT2D eigenvalue weighted by Crippen LogP contribution is -2.63. The number of allylic oxidation sites excluding steroid dienone is 1. The van der Waals surface area contributed by atoms with E-state index < -0.39 is 162 Å². The van der Waals surface area contributed by atoms with Gasteiger partial charge in [0.1, 0.15) is 60.4 Å². The van der Waals surface area contributed by atoms with Crippen molar-refractivity contribution in [3.05, 3.63) is 12.2 Å². The van der Waals surface area contributed by atoms with Crippen LogP contribution < -0.4 is 21.3 Å². The molecular weight excluding hydrogens is 1120 g/mol. The highest BCUT2D eigenvalue weighted by atomic mass is 16.4. The highest BCUT2D eigenvalue weighted by molar-refractivity contribution is 5.99. The molecule has 25 nitrogen and oxygen atoms in total. The Labute approximate surface area is 517 Å². The van der Waals surface area contributed by atoms with Crippen molar-refractivity contribution in [3.8, 4) is 0 Å². The van der Waals surface area contributed by atoms with E-state index in [1.54, 1.807) is 34.6 Å². The molecule has 0 unspecified atom stereocenters. The summed E-state index contributed by atoms with van der Waals surface area (Å²) in [5.41, 5.74) is 0. The number of amides is 11. The van der Waals surface area contributed by atoms with Gasteiger partial charge in [-0.25, -0.2) is 4.79 Å². The van der Waals surface area contributed by atoms with Crippen LogP contribution in [0.25, 0.3) is 0 Å². The number of likely N-dealkylation sites (N-methyl/N-ethyl adjacent to an activating group) is 7. The number of hydrogen-bond donors (Lipinski definition) is 6. The minimum absolute atomic E-state index is 0.0438. The minimum Gasteiger partial charge on any atom is -0.478 e. The Bertz CT molecular complexity index is 2430. The average molecular weight is 1230 g/mol. The first-order valence-electron chi connectivity index (χ1n) is 30.7. The van der Waals surface area contributed by atoms with E-state index in [1.165, 1.54) is 101 Å². The van der Waals surface area contributed by atoms with Gasteiger partial charge in [0.05, 0.1) is 12.6 Å². The molecule has 1 heterocycles. The van der Waals surface area contributed by atoms with Crippen molar-refractivity contribution in [2.45, 2.75) is 216 Å². The van der Waals surface area contributed by atoms with Crippen LogP contribution in [0.2, 0.25) is 0 Å². The van der Waals surface area contributed by atoms with Crippen molar-refractivity contribution in [3.63, 3.8) is 0 Å². The van der Waals surface area contributed by atoms with Gasteiger partial charge >= 0.3 is 5.97 Å². The maximum absolute atomic E-state index is 15.1. The van der Waals surface area contributed by atoms with Crippen LogP contribution in [0.4, 0.5) is 0 Å². The Balaban J connectivity index is 4.35. The molecule has 6 N–H and O–H groups in total. The third kappa shape index (κ3) is 22.5. The summed E-state index contributed by atoms with van der Waals surface area (Å²) in [5, 5.41) is 32.3. The van der Waals surface area contributed by atoms with Crippen molar-refractivity contribution in [2.75, 3.05) is 55.9 Å². The molecule has 0 aromatic carbocycles. The van der Waals surface area contributed by atoms with Crippen molar-refractivity contribution in [1.82, 2.24) is 55.6 Å². The van der Waals surface area contributed by atoms with Gasteiger partial charge in [0.15, 0.2) is 0 Å². The molecule has 1 rings (SSSR count). The number of nitrogens with one attached hydrogen (secondary N) is 4. The van der Waals surface area contributed by atoms with Crippen LogP contribution in [-0.2, 0) is 57.5 Å². The summed E-state index contributed by atoms with van der Waals surface area (Å²) in [6, 6.07) is -12.9. The minimum atomic E-state index is -1.76. The zero-order valence-corrected chi connectivity index (χ0v) is 56.4. The predicted molar refractivity (Wildman–Crippen MR) is 330 cm³/mol. The fraction of sp³-hybridized carbons (Fsp3) is 0.774. The first-order chi connectivity index (χ1) is 40.1. The van der Waals surface area contributed by atoms with Gasteiger partial charge in [0.25, 0.3) is 0 Å². The van der Waals surface area contributed by atoms with Gasteiger partial charge in [0, 0.05) is 55.4 Å². The monoisotopic (exact) mass is 1230 g/mol. The zero-order valence-electron chi connectivity index (χ0n) is 56.4. The Hall–Kier alpha value is -6.66. The molecular formula is C62H109N11O14. The van der Waals surface area contributed by atoms with E-state index in [4.69, 9.17) is 0 Å². The Kier molecular flexibility index (Phi) is 31.8. The second-order valence-corrected chi connectivity index (χ2v) is 26.3. The van der Waals surface area contributed by atoms with E-state index >= 15 is 9.59 Å². The molecule has 0 aromatic rings. The van der Waals surface area contributed by atoms with Gasteiger partial charge in [-0.2, -0.15) is 0 Å². The smallest absolute Gasteiger partial charge is 0.327 e. The number of carbonyl (C=O) groups excluding carboxylic acids is 11. The average Bonchev–Trinajstić information content (AvgIpc) is 1.19. The number of rotatable bonds is 16. The lowest BCUT2D eigenvalue weighted by Gasteiger charge is -2.41. The number of aliphatic hydroxyl groups excluding tert-OH is 1. The maximum atomic E-state index is 15.1. The molecule has 1 aliphatic heterocycles. The van der Waals surface area contributed by atoms with E-state index in [0.717, 1.165) is 15.9 Å². The fourth-order valence-electron chi connectivity index (χ4n) is 10.7. The summed E-state index contributed by atoms with van der Waals surface area (Å²) in [6.07, 6.45) is 0.834. The highest BCUT2D eigenvalue weighted by Gasteiger charge is 2.46. The Morgan fingerprint density at radius 3 is 1.34 bits per heavy atom. The molecule has 87 heavy (non-hydrogen) atoms. The van der Waals surface area contributed by atoms with Crippen molar-refractivity contribution < 1.29 is 67.7 Å². The first kappa shape index (κ1) is 78.4. The van der Waals surface area contributed by atoms with Gasteiger partial charge in [-0.15, -0.1) is 0 Å². The second kappa shape index (κ2) is 35.4.